The maximum atomic E-state index is 5.91. The molecule has 20 heavy (non-hydrogen) atoms. The summed E-state index contributed by atoms with van der Waals surface area (Å²) in [4.78, 5) is 5.91. The Hall–Kier alpha value is -2.26. The summed E-state index contributed by atoms with van der Waals surface area (Å²) in [6, 6.07) is 20.2. The molecule has 1 atom stereocenters. The van der Waals surface area contributed by atoms with Crippen LogP contribution in [-0.4, -0.2) is 5.06 Å². The molecular formula is C17H17NO2. The van der Waals surface area contributed by atoms with Gasteiger partial charge in [-0.15, -0.1) is 0 Å². The van der Waals surface area contributed by atoms with Crippen molar-refractivity contribution in [3.8, 4) is 0 Å². The van der Waals surface area contributed by atoms with Crippen molar-refractivity contribution in [2.75, 3.05) is 0 Å². The molecule has 1 aliphatic rings. The molecule has 3 nitrogen and oxygen atoms in total. The highest BCUT2D eigenvalue weighted by molar-refractivity contribution is 5.20. The lowest BCUT2D eigenvalue weighted by Gasteiger charge is -2.25. The van der Waals surface area contributed by atoms with Gasteiger partial charge in [0.1, 0.15) is 12.9 Å². The fourth-order valence-electron chi connectivity index (χ4n) is 2.17. The van der Waals surface area contributed by atoms with Crippen molar-refractivity contribution in [2.24, 2.45) is 0 Å². The van der Waals surface area contributed by atoms with Crippen molar-refractivity contribution in [1.29, 1.82) is 0 Å². The van der Waals surface area contributed by atoms with Crippen molar-refractivity contribution in [3.63, 3.8) is 0 Å². The number of hydrogen-bond donors (Lipinski definition) is 0. The van der Waals surface area contributed by atoms with Crippen LogP contribution in [0.15, 0.2) is 72.6 Å². The molecule has 0 amide bonds. The van der Waals surface area contributed by atoms with E-state index in [-0.39, 0.29) is 6.23 Å². The number of rotatable bonds is 4. The summed E-state index contributed by atoms with van der Waals surface area (Å²) in [6.07, 6.45) is 1.53. The second kappa shape index (κ2) is 5.80. The monoisotopic (exact) mass is 267 g/mol. The van der Waals surface area contributed by atoms with Gasteiger partial charge in [-0.05, 0) is 12.5 Å². The van der Waals surface area contributed by atoms with E-state index in [0.717, 1.165) is 16.8 Å². The maximum absolute atomic E-state index is 5.91. The van der Waals surface area contributed by atoms with Crippen molar-refractivity contribution in [2.45, 2.75) is 19.8 Å². The molecule has 0 saturated carbocycles. The highest BCUT2D eigenvalue weighted by Crippen LogP contribution is 2.32. The number of hydrogen-bond acceptors (Lipinski definition) is 3. The van der Waals surface area contributed by atoms with Crippen LogP contribution in [0.25, 0.3) is 0 Å². The quantitative estimate of drug-likeness (QED) is 0.835. The molecule has 2 aromatic carbocycles. The SMILES string of the molecule is CC1=COC(c2ccccc2)N1OCc1ccccc1. The summed E-state index contributed by atoms with van der Waals surface area (Å²) < 4.78 is 5.69. The van der Waals surface area contributed by atoms with Gasteiger partial charge in [0.2, 0.25) is 6.23 Å². The summed E-state index contributed by atoms with van der Waals surface area (Å²) in [5, 5.41) is 1.82. The van der Waals surface area contributed by atoms with E-state index in [9.17, 15) is 0 Å². The molecule has 0 radical (unpaired) electrons. The Morgan fingerprint density at radius 1 is 1.00 bits per heavy atom. The van der Waals surface area contributed by atoms with Crippen LogP contribution in [0.1, 0.15) is 24.3 Å². The molecule has 102 valence electrons. The molecule has 0 aliphatic carbocycles. The second-order valence-electron chi connectivity index (χ2n) is 4.74. The average Bonchev–Trinajstić information content (AvgIpc) is 2.88. The van der Waals surface area contributed by atoms with Gasteiger partial charge in [-0.1, -0.05) is 60.7 Å². The third-order valence-electron chi connectivity index (χ3n) is 3.23. The highest BCUT2D eigenvalue weighted by atomic mass is 16.7. The molecule has 0 aromatic heterocycles. The number of allylic oxidation sites excluding steroid dienone is 1. The molecule has 2 aromatic rings. The van der Waals surface area contributed by atoms with E-state index in [1.54, 1.807) is 6.26 Å². The van der Waals surface area contributed by atoms with E-state index >= 15 is 0 Å². The Balaban J connectivity index is 1.71. The first-order valence-corrected chi connectivity index (χ1v) is 6.68. The Morgan fingerprint density at radius 3 is 2.35 bits per heavy atom. The lowest BCUT2D eigenvalue weighted by atomic mass is 10.2. The largest absolute Gasteiger partial charge is 0.470 e. The van der Waals surface area contributed by atoms with Crippen LogP contribution in [0, 0.1) is 0 Å². The van der Waals surface area contributed by atoms with Gasteiger partial charge in [0.05, 0.1) is 5.70 Å². The third-order valence-corrected chi connectivity index (χ3v) is 3.23. The first-order chi connectivity index (χ1) is 9.84. The molecule has 1 aliphatic heterocycles. The molecule has 0 bridgehead atoms. The fourth-order valence-corrected chi connectivity index (χ4v) is 2.17. The van der Waals surface area contributed by atoms with Crippen LogP contribution >= 0.6 is 0 Å². The van der Waals surface area contributed by atoms with Gasteiger partial charge in [-0.3, -0.25) is 4.84 Å². The first-order valence-electron chi connectivity index (χ1n) is 6.68. The van der Waals surface area contributed by atoms with Crippen molar-refractivity contribution >= 4 is 0 Å². The number of benzene rings is 2. The smallest absolute Gasteiger partial charge is 0.220 e. The minimum absolute atomic E-state index is 0.208. The predicted octanol–water partition coefficient (Wildman–Crippen LogP) is 4.01. The minimum Gasteiger partial charge on any atom is -0.470 e. The van der Waals surface area contributed by atoms with Crippen LogP contribution in [0.2, 0.25) is 0 Å². The maximum Gasteiger partial charge on any atom is 0.220 e. The van der Waals surface area contributed by atoms with Gasteiger partial charge in [0.25, 0.3) is 0 Å². The topological polar surface area (TPSA) is 21.7 Å². The van der Waals surface area contributed by atoms with Gasteiger partial charge < -0.3 is 4.74 Å². The summed E-state index contributed by atoms with van der Waals surface area (Å²) >= 11 is 0. The molecule has 0 spiro atoms. The van der Waals surface area contributed by atoms with Gasteiger partial charge in [-0.25, -0.2) is 5.06 Å². The van der Waals surface area contributed by atoms with Gasteiger partial charge in [0, 0.05) is 5.56 Å². The van der Waals surface area contributed by atoms with Crippen molar-refractivity contribution in [1.82, 2.24) is 5.06 Å². The lowest BCUT2D eigenvalue weighted by molar-refractivity contribution is -0.207. The van der Waals surface area contributed by atoms with E-state index in [1.165, 1.54) is 0 Å². The zero-order valence-electron chi connectivity index (χ0n) is 11.4. The zero-order chi connectivity index (χ0) is 13.8. The van der Waals surface area contributed by atoms with Crippen LogP contribution in [0.4, 0.5) is 0 Å². The third kappa shape index (κ3) is 2.68. The van der Waals surface area contributed by atoms with E-state index in [1.807, 2.05) is 72.7 Å². The van der Waals surface area contributed by atoms with Crippen LogP contribution < -0.4 is 0 Å². The molecular weight excluding hydrogens is 250 g/mol. The molecule has 0 N–H and O–H groups in total. The van der Waals surface area contributed by atoms with E-state index in [2.05, 4.69) is 0 Å². The zero-order valence-corrected chi connectivity index (χ0v) is 11.4. The van der Waals surface area contributed by atoms with Gasteiger partial charge >= 0.3 is 0 Å². The van der Waals surface area contributed by atoms with E-state index < -0.39 is 0 Å². The van der Waals surface area contributed by atoms with Crippen LogP contribution in [0.3, 0.4) is 0 Å². The summed E-state index contributed by atoms with van der Waals surface area (Å²) in [5.74, 6) is 0. The van der Waals surface area contributed by atoms with Crippen LogP contribution in [-0.2, 0) is 16.2 Å². The molecule has 0 fully saturated rings. The normalized spacial score (nSPS) is 17.8. The van der Waals surface area contributed by atoms with Crippen molar-refractivity contribution in [3.05, 3.63) is 83.7 Å². The first kappa shape index (κ1) is 12.8. The van der Waals surface area contributed by atoms with E-state index in [0.29, 0.717) is 6.61 Å². The predicted molar refractivity (Wildman–Crippen MR) is 77.1 cm³/mol. The minimum atomic E-state index is -0.208. The Kier molecular flexibility index (Phi) is 3.70. The summed E-state index contributed by atoms with van der Waals surface area (Å²) in [6.45, 7) is 2.51. The standard InChI is InChI=1S/C17H17NO2/c1-14-12-19-17(16-10-6-3-7-11-16)18(14)20-13-15-8-4-2-5-9-15/h2-12,17H,13H2,1H3. The molecule has 1 heterocycles. The molecule has 1 unspecified atom stereocenters. The van der Waals surface area contributed by atoms with Gasteiger partial charge in [0.15, 0.2) is 0 Å². The lowest BCUT2D eigenvalue weighted by Crippen LogP contribution is -2.24. The second-order valence-corrected chi connectivity index (χ2v) is 4.74. The summed E-state index contributed by atoms with van der Waals surface area (Å²) in [5.41, 5.74) is 3.18. The van der Waals surface area contributed by atoms with Crippen molar-refractivity contribution < 1.29 is 9.57 Å². The summed E-state index contributed by atoms with van der Waals surface area (Å²) in [7, 11) is 0. The van der Waals surface area contributed by atoms with E-state index in [4.69, 9.17) is 9.57 Å². The number of nitrogens with zero attached hydrogens (tertiary/aromatic N) is 1. The Bertz CT molecular complexity index is 580. The molecule has 3 rings (SSSR count). The Morgan fingerprint density at radius 2 is 1.65 bits per heavy atom. The molecule has 0 saturated heterocycles. The highest BCUT2D eigenvalue weighted by Gasteiger charge is 2.27. The molecule has 3 heteroatoms. The van der Waals surface area contributed by atoms with Crippen LogP contribution in [0.5, 0.6) is 0 Å². The Labute approximate surface area is 119 Å². The fraction of sp³-hybridized carbons (Fsp3) is 0.176. The number of hydroxylamine groups is 2. The number of ether oxygens (including phenoxy) is 1. The van der Waals surface area contributed by atoms with Gasteiger partial charge in [-0.2, -0.15) is 0 Å². The average molecular weight is 267 g/mol.